The SMILES string of the molecule is CCOc1ccccc1NS(=O)(=O)c1ccc(NC(=O)c2cccc(Cl)c2)c(F)c1. The van der Waals surface area contributed by atoms with E-state index in [4.69, 9.17) is 16.3 Å². The Hall–Kier alpha value is -3.10. The Labute approximate surface area is 178 Å². The van der Waals surface area contributed by atoms with Crippen molar-refractivity contribution in [2.75, 3.05) is 16.6 Å². The van der Waals surface area contributed by atoms with Crippen molar-refractivity contribution in [3.63, 3.8) is 0 Å². The van der Waals surface area contributed by atoms with Gasteiger partial charge in [0, 0.05) is 10.6 Å². The molecule has 0 saturated heterocycles. The molecule has 3 rings (SSSR count). The molecule has 0 aromatic heterocycles. The number of benzene rings is 3. The number of halogens is 2. The zero-order chi connectivity index (χ0) is 21.7. The molecule has 30 heavy (non-hydrogen) atoms. The number of carbonyl (C=O) groups excluding carboxylic acids is 1. The van der Waals surface area contributed by atoms with E-state index in [9.17, 15) is 17.6 Å². The normalized spacial score (nSPS) is 11.0. The van der Waals surface area contributed by atoms with Gasteiger partial charge in [-0.2, -0.15) is 0 Å². The lowest BCUT2D eigenvalue weighted by Crippen LogP contribution is -2.16. The number of amides is 1. The number of hydrogen-bond donors (Lipinski definition) is 2. The highest BCUT2D eigenvalue weighted by atomic mass is 35.5. The van der Waals surface area contributed by atoms with Crippen molar-refractivity contribution in [2.24, 2.45) is 0 Å². The number of carbonyl (C=O) groups is 1. The number of para-hydroxylation sites is 2. The van der Waals surface area contributed by atoms with E-state index in [0.717, 1.165) is 6.07 Å². The van der Waals surface area contributed by atoms with Crippen LogP contribution in [0.5, 0.6) is 5.75 Å². The van der Waals surface area contributed by atoms with Gasteiger partial charge in [-0.3, -0.25) is 9.52 Å². The largest absolute Gasteiger partial charge is 0.492 e. The van der Waals surface area contributed by atoms with Gasteiger partial charge in [-0.15, -0.1) is 0 Å². The summed E-state index contributed by atoms with van der Waals surface area (Å²) < 4.78 is 47.6. The predicted octanol–water partition coefficient (Wildman–Crippen LogP) is 4.93. The summed E-state index contributed by atoms with van der Waals surface area (Å²) in [5.74, 6) is -1.11. The van der Waals surface area contributed by atoms with Crippen LogP contribution in [0, 0.1) is 5.82 Å². The van der Waals surface area contributed by atoms with Crippen molar-refractivity contribution in [3.05, 3.63) is 83.1 Å². The fourth-order valence-electron chi connectivity index (χ4n) is 2.62. The Morgan fingerprint density at radius 2 is 1.80 bits per heavy atom. The number of ether oxygens (including phenoxy) is 1. The first kappa shape index (κ1) is 21.6. The molecule has 0 spiro atoms. The molecular weight excluding hydrogens is 431 g/mol. The highest BCUT2D eigenvalue weighted by Gasteiger charge is 2.19. The predicted molar refractivity (Wildman–Crippen MR) is 114 cm³/mol. The summed E-state index contributed by atoms with van der Waals surface area (Å²) in [4.78, 5) is 12.0. The monoisotopic (exact) mass is 448 g/mol. The van der Waals surface area contributed by atoms with Crippen LogP contribution in [-0.4, -0.2) is 20.9 Å². The van der Waals surface area contributed by atoms with Crippen LogP contribution in [0.2, 0.25) is 5.02 Å². The molecule has 0 fully saturated rings. The Bertz CT molecular complexity index is 1190. The average Bonchev–Trinajstić information content (AvgIpc) is 2.71. The van der Waals surface area contributed by atoms with Gasteiger partial charge >= 0.3 is 0 Å². The summed E-state index contributed by atoms with van der Waals surface area (Å²) in [6, 6.07) is 15.9. The number of anilines is 2. The van der Waals surface area contributed by atoms with Crippen LogP contribution >= 0.6 is 11.6 Å². The fourth-order valence-corrected chi connectivity index (χ4v) is 3.90. The van der Waals surface area contributed by atoms with Crippen LogP contribution in [0.15, 0.2) is 71.6 Å². The second-order valence-corrected chi connectivity index (χ2v) is 8.26. The van der Waals surface area contributed by atoms with E-state index in [0.29, 0.717) is 17.4 Å². The lowest BCUT2D eigenvalue weighted by atomic mass is 10.2. The van der Waals surface area contributed by atoms with Gasteiger partial charge in [-0.25, -0.2) is 12.8 Å². The van der Waals surface area contributed by atoms with Crippen molar-refractivity contribution in [3.8, 4) is 5.75 Å². The molecule has 2 N–H and O–H groups in total. The van der Waals surface area contributed by atoms with Gasteiger partial charge in [0.2, 0.25) is 0 Å². The molecule has 156 valence electrons. The van der Waals surface area contributed by atoms with E-state index in [-0.39, 0.29) is 21.8 Å². The fraction of sp³-hybridized carbons (Fsp3) is 0.0952. The smallest absolute Gasteiger partial charge is 0.262 e. The standard InChI is InChI=1S/C21H18ClFN2O4S/c1-2-29-20-9-4-3-8-19(20)25-30(27,28)16-10-11-18(17(23)13-16)24-21(26)14-6-5-7-15(22)12-14/h3-13,25H,2H2,1H3,(H,24,26). The topological polar surface area (TPSA) is 84.5 Å². The maximum Gasteiger partial charge on any atom is 0.262 e. The molecule has 0 aliphatic rings. The molecular formula is C21H18ClFN2O4S. The minimum Gasteiger partial charge on any atom is -0.492 e. The van der Waals surface area contributed by atoms with Gasteiger partial charge < -0.3 is 10.1 Å². The van der Waals surface area contributed by atoms with E-state index in [1.807, 2.05) is 0 Å². The third-order valence-electron chi connectivity index (χ3n) is 4.02. The molecule has 0 unspecified atom stereocenters. The first-order valence-corrected chi connectivity index (χ1v) is 10.8. The molecule has 0 aliphatic heterocycles. The quantitative estimate of drug-likeness (QED) is 0.536. The maximum absolute atomic E-state index is 14.5. The summed E-state index contributed by atoms with van der Waals surface area (Å²) in [5, 5.41) is 2.76. The van der Waals surface area contributed by atoms with Crippen LogP contribution in [-0.2, 0) is 10.0 Å². The van der Waals surface area contributed by atoms with Crippen molar-refractivity contribution in [1.82, 2.24) is 0 Å². The molecule has 0 aliphatic carbocycles. The Morgan fingerprint density at radius 3 is 2.50 bits per heavy atom. The zero-order valence-electron chi connectivity index (χ0n) is 15.9. The minimum atomic E-state index is -4.08. The lowest BCUT2D eigenvalue weighted by Gasteiger charge is -2.13. The molecule has 9 heteroatoms. The summed E-state index contributed by atoms with van der Waals surface area (Å²) in [6.45, 7) is 2.13. The second-order valence-electron chi connectivity index (χ2n) is 6.14. The number of sulfonamides is 1. The summed E-state index contributed by atoms with van der Waals surface area (Å²) in [6.07, 6.45) is 0. The van der Waals surface area contributed by atoms with Gasteiger partial charge in [0.05, 0.1) is 22.9 Å². The minimum absolute atomic E-state index is 0.159. The van der Waals surface area contributed by atoms with E-state index in [1.54, 1.807) is 43.3 Å². The van der Waals surface area contributed by atoms with Crippen LogP contribution < -0.4 is 14.8 Å². The van der Waals surface area contributed by atoms with Gasteiger partial charge in [-0.1, -0.05) is 29.8 Å². The molecule has 1 amide bonds. The molecule has 0 saturated carbocycles. The Morgan fingerprint density at radius 1 is 1.03 bits per heavy atom. The Kier molecular flexibility index (Phi) is 6.59. The third-order valence-corrected chi connectivity index (χ3v) is 5.62. The second kappa shape index (κ2) is 9.15. The van der Waals surface area contributed by atoms with Crippen molar-refractivity contribution in [2.45, 2.75) is 11.8 Å². The van der Waals surface area contributed by atoms with E-state index >= 15 is 0 Å². The number of hydrogen-bond acceptors (Lipinski definition) is 4. The average molecular weight is 449 g/mol. The summed E-state index contributed by atoms with van der Waals surface area (Å²) in [7, 11) is -4.08. The molecule has 0 heterocycles. The van der Waals surface area contributed by atoms with Crippen molar-refractivity contribution >= 4 is 38.9 Å². The molecule has 3 aromatic rings. The van der Waals surface area contributed by atoms with Crippen molar-refractivity contribution < 1.29 is 22.3 Å². The van der Waals surface area contributed by atoms with Gasteiger partial charge in [0.25, 0.3) is 15.9 Å². The number of nitrogens with one attached hydrogen (secondary N) is 2. The highest BCUT2D eigenvalue weighted by Crippen LogP contribution is 2.28. The molecule has 0 radical (unpaired) electrons. The van der Waals surface area contributed by atoms with Gasteiger partial charge in [0.15, 0.2) is 0 Å². The molecule has 0 bridgehead atoms. The van der Waals surface area contributed by atoms with Gasteiger partial charge in [0.1, 0.15) is 11.6 Å². The number of rotatable bonds is 7. The van der Waals surface area contributed by atoms with E-state index < -0.39 is 21.7 Å². The van der Waals surface area contributed by atoms with E-state index in [2.05, 4.69) is 10.0 Å². The van der Waals surface area contributed by atoms with E-state index in [1.165, 1.54) is 24.3 Å². The highest BCUT2D eigenvalue weighted by molar-refractivity contribution is 7.92. The molecule has 3 aromatic carbocycles. The van der Waals surface area contributed by atoms with Crippen LogP contribution in [0.3, 0.4) is 0 Å². The van der Waals surface area contributed by atoms with Crippen LogP contribution in [0.25, 0.3) is 0 Å². The summed E-state index contributed by atoms with van der Waals surface area (Å²) in [5.41, 5.74) is 0.319. The Balaban J connectivity index is 1.81. The van der Waals surface area contributed by atoms with Crippen LogP contribution in [0.4, 0.5) is 15.8 Å². The van der Waals surface area contributed by atoms with Crippen LogP contribution in [0.1, 0.15) is 17.3 Å². The molecule has 0 atom stereocenters. The third kappa shape index (κ3) is 5.08. The first-order chi connectivity index (χ1) is 14.3. The van der Waals surface area contributed by atoms with Crippen molar-refractivity contribution in [1.29, 1.82) is 0 Å². The zero-order valence-corrected chi connectivity index (χ0v) is 17.4. The maximum atomic E-state index is 14.5. The van der Waals surface area contributed by atoms with Gasteiger partial charge in [-0.05, 0) is 55.5 Å². The summed E-state index contributed by atoms with van der Waals surface area (Å²) >= 11 is 5.85. The first-order valence-electron chi connectivity index (χ1n) is 8.91. The molecule has 6 nitrogen and oxygen atoms in total. The lowest BCUT2D eigenvalue weighted by molar-refractivity contribution is 0.102.